The lowest BCUT2D eigenvalue weighted by molar-refractivity contribution is 0.0668. The predicted octanol–water partition coefficient (Wildman–Crippen LogP) is 0.987. The lowest BCUT2D eigenvalue weighted by Gasteiger charge is -1.98. The predicted molar refractivity (Wildman–Crippen MR) is 52.7 cm³/mol. The molecule has 0 aromatic carbocycles. The molecule has 0 bridgehead atoms. The maximum absolute atomic E-state index is 11.5. The molecule has 0 amide bonds. The summed E-state index contributed by atoms with van der Waals surface area (Å²) in [6.07, 6.45) is 2.86. The lowest BCUT2D eigenvalue weighted by Crippen LogP contribution is -2.07. The first kappa shape index (κ1) is 10.8. The Labute approximate surface area is 94.6 Å². The van der Waals surface area contributed by atoms with Crippen molar-refractivity contribution in [3.05, 3.63) is 42.0 Å². The van der Waals surface area contributed by atoms with Crippen LogP contribution in [0.4, 0.5) is 0 Å². The van der Waals surface area contributed by atoms with Crippen LogP contribution >= 0.6 is 0 Å². The summed E-state index contributed by atoms with van der Waals surface area (Å²) in [7, 11) is 0. The van der Waals surface area contributed by atoms with Gasteiger partial charge < -0.3 is 14.4 Å². The van der Waals surface area contributed by atoms with Crippen molar-refractivity contribution in [1.82, 2.24) is 10.1 Å². The topological polar surface area (TPSA) is 103 Å². The third-order valence-electron chi connectivity index (χ3n) is 1.78. The second kappa shape index (κ2) is 4.44. The molecule has 17 heavy (non-hydrogen) atoms. The molecule has 1 N–H and O–H groups in total. The highest BCUT2D eigenvalue weighted by atomic mass is 16.6. The number of carbonyl (C=O) groups is 2. The molecule has 0 aliphatic heterocycles. The second-order valence-corrected chi connectivity index (χ2v) is 2.96. The minimum Gasteiger partial charge on any atom is -0.476 e. The minimum atomic E-state index is -1.28. The number of hydrogen-bond acceptors (Lipinski definition) is 6. The zero-order valence-electron chi connectivity index (χ0n) is 8.36. The SMILES string of the molecule is O=C(O)c1cc(C(=O)Oc2cccnc2)on1. The maximum atomic E-state index is 11.5. The zero-order chi connectivity index (χ0) is 12.3. The van der Waals surface area contributed by atoms with Crippen LogP contribution in [-0.2, 0) is 0 Å². The van der Waals surface area contributed by atoms with Crippen molar-refractivity contribution in [3.8, 4) is 5.75 Å². The van der Waals surface area contributed by atoms with E-state index in [0.717, 1.165) is 6.07 Å². The van der Waals surface area contributed by atoms with E-state index in [4.69, 9.17) is 9.84 Å². The van der Waals surface area contributed by atoms with E-state index < -0.39 is 11.9 Å². The molecule has 2 aromatic rings. The highest BCUT2D eigenvalue weighted by molar-refractivity contribution is 5.92. The van der Waals surface area contributed by atoms with Crippen LogP contribution in [-0.4, -0.2) is 27.2 Å². The Kier molecular flexibility index (Phi) is 2.82. The molecule has 0 spiro atoms. The van der Waals surface area contributed by atoms with Gasteiger partial charge in [0, 0.05) is 12.3 Å². The Morgan fingerprint density at radius 3 is 2.82 bits per heavy atom. The summed E-state index contributed by atoms with van der Waals surface area (Å²) >= 11 is 0. The van der Waals surface area contributed by atoms with Gasteiger partial charge in [-0.2, -0.15) is 0 Å². The molecule has 2 aromatic heterocycles. The highest BCUT2D eigenvalue weighted by Crippen LogP contribution is 2.11. The number of carbonyl (C=O) groups excluding carboxylic acids is 1. The van der Waals surface area contributed by atoms with Gasteiger partial charge in [-0.15, -0.1) is 0 Å². The molecule has 86 valence electrons. The van der Waals surface area contributed by atoms with Crippen LogP contribution in [0.5, 0.6) is 5.75 Å². The van der Waals surface area contributed by atoms with E-state index in [1.807, 2.05) is 0 Å². The van der Waals surface area contributed by atoms with E-state index in [1.54, 1.807) is 6.07 Å². The fraction of sp³-hybridized carbons (Fsp3) is 0. The Morgan fingerprint density at radius 1 is 1.41 bits per heavy atom. The third-order valence-corrected chi connectivity index (χ3v) is 1.78. The van der Waals surface area contributed by atoms with Gasteiger partial charge in [0.2, 0.25) is 5.76 Å². The molecule has 7 nitrogen and oxygen atoms in total. The largest absolute Gasteiger partial charge is 0.476 e. The van der Waals surface area contributed by atoms with Crippen molar-refractivity contribution < 1.29 is 24.0 Å². The quantitative estimate of drug-likeness (QED) is 0.789. The molecule has 0 aliphatic rings. The summed E-state index contributed by atoms with van der Waals surface area (Å²) in [6, 6.07) is 4.10. The van der Waals surface area contributed by atoms with Gasteiger partial charge >= 0.3 is 11.9 Å². The van der Waals surface area contributed by atoms with Crippen molar-refractivity contribution >= 4 is 11.9 Å². The van der Waals surface area contributed by atoms with E-state index in [0.29, 0.717) is 0 Å². The first-order chi connectivity index (χ1) is 8.16. The maximum Gasteiger partial charge on any atom is 0.382 e. The van der Waals surface area contributed by atoms with E-state index in [9.17, 15) is 9.59 Å². The van der Waals surface area contributed by atoms with Crippen molar-refractivity contribution in [3.63, 3.8) is 0 Å². The Bertz CT molecular complexity index is 549. The van der Waals surface area contributed by atoms with Crippen molar-refractivity contribution in [2.45, 2.75) is 0 Å². The fourth-order valence-corrected chi connectivity index (χ4v) is 1.04. The number of carboxylic acid groups (broad SMARTS) is 1. The summed E-state index contributed by atoms with van der Waals surface area (Å²) in [5, 5.41) is 11.8. The monoisotopic (exact) mass is 234 g/mol. The van der Waals surface area contributed by atoms with E-state index >= 15 is 0 Å². The van der Waals surface area contributed by atoms with Crippen molar-refractivity contribution in [1.29, 1.82) is 0 Å². The normalized spacial score (nSPS) is 9.88. The standard InChI is InChI=1S/C10H6N2O5/c13-9(14)7-4-8(17-12-7)10(15)16-6-2-1-3-11-5-6/h1-5H,(H,13,14). The molecule has 0 radical (unpaired) electrons. The van der Waals surface area contributed by atoms with Gasteiger partial charge in [0.15, 0.2) is 5.69 Å². The summed E-state index contributed by atoms with van der Waals surface area (Å²) in [6.45, 7) is 0. The van der Waals surface area contributed by atoms with Gasteiger partial charge in [0.25, 0.3) is 0 Å². The number of aromatic carboxylic acids is 1. The number of aromatic nitrogens is 2. The van der Waals surface area contributed by atoms with Crippen LogP contribution in [0.25, 0.3) is 0 Å². The summed E-state index contributed by atoms with van der Waals surface area (Å²) < 4.78 is 9.40. The van der Waals surface area contributed by atoms with Gasteiger partial charge in [-0.25, -0.2) is 9.59 Å². The van der Waals surface area contributed by atoms with Crippen LogP contribution < -0.4 is 4.74 Å². The number of esters is 1. The number of rotatable bonds is 3. The van der Waals surface area contributed by atoms with E-state index in [-0.39, 0.29) is 17.2 Å². The lowest BCUT2D eigenvalue weighted by atomic mass is 10.3. The van der Waals surface area contributed by atoms with Crippen molar-refractivity contribution in [2.24, 2.45) is 0 Å². The number of ether oxygens (including phenoxy) is 1. The summed E-state index contributed by atoms with van der Waals surface area (Å²) in [5.74, 6) is -2.18. The Morgan fingerprint density at radius 2 is 2.24 bits per heavy atom. The van der Waals surface area contributed by atoms with Gasteiger partial charge in [-0.1, -0.05) is 5.16 Å². The van der Waals surface area contributed by atoms with Crippen LogP contribution in [0.15, 0.2) is 35.1 Å². The van der Waals surface area contributed by atoms with Crippen LogP contribution in [0.1, 0.15) is 21.0 Å². The van der Waals surface area contributed by atoms with Crippen LogP contribution in [0.3, 0.4) is 0 Å². The number of nitrogens with zero attached hydrogens (tertiary/aromatic N) is 2. The molecular formula is C10H6N2O5. The second-order valence-electron chi connectivity index (χ2n) is 2.96. The first-order valence-electron chi connectivity index (χ1n) is 4.49. The fourth-order valence-electron chi connectivity index (χ4n) is 1.04. The molecule has 2 heterocycles. The molecule has 0 saturated heterocycles. The minimum absolute atomic E-state index is 0.228. The van der Waals surface area contributed by atoms with Gasteiger partial charge in [0.05, 0.1) is 6.20 Å². The van der Waals surface area contributed by atoms with Crippen molar-refractivity contribution in [2.75, 3.05) is 0 Å². The zero-order valence-corrected chi connectivity index (χ0v) is 8.36. The molecule has 7 heteroatoms. The van der Waals surface area contributed by atoms with Crippen LogP contribution in [0, 0.1) is 0 Å². The smallest absolute Gasteiger partial charge is 0.382 e. The number of pyridine rings is 1. The van der Waals surface area contributed by atoms with E-state index in [1.165, 1.54) is 18.5 Å². The highest BCUT2D eigenvalue weighted by Gasteiger charge is 2.18. The van der Waals surface area contributed by atoms with E-state index in [2.05, 4.69) is 14.7 Å². The van der Waals surface area contributed by atoms with Gasteiger partial charge in [-0.3, -0.25) is 4.98 Å². The Hall–Kier alpha value is -2.70. The van der Waals surface area contributed by atoms with Crippen LogP contribution in [0.2, 0.25) is 0 Å². The third kappa shape index (κ3) is 2.46. The number of hydrogen-bond donors (Lipinski definition) is 1. The molecular weight excluding hydrogens is 228 g/mol. The summed E-state index contributed by atoms with van der Waals surface area (Å²) in [5.41, 5.74) is -0.358. The summed E-state index contributed by atoms with van der Waals surface area (Å²) in [4.78, 5) is 25.7. The molecule has 2 rings (SSSR count). The average molecular weight is 234 g/mol. The molecule has 0 atom stereocenters. The molecule has 0 aliphatic carbocycles. The van der Waals surface area contributed by atoms with Gasteiger partial charge in [-0.05, 0) is 12.1 Å². The molecule has 0 unspecified atom stereocenters. The first-order valence-corrected chi connectivity index (χ1v) is 4.49. The molecule has 0 saturated carbocycles. The number of carboxylic acids is 1. The average Bonchev–Trinajstić information content (AvgIpc) is 2.79. The Balaban J connectivity index is 2.12. The van der Waals surface area contributed by atoms with Gasteiger partial charge in [0.1, 0.15) is 5.75 Å². The molecule has 0 fully saturated rings.